The molecule has 0 bridgehead atoms. The summed E-state index contributed by atoms with van der Waals surface area (Å²) in [5.41, 5.74) is 0.0559. The molecule has 0 aliphatic heterocycles. The van der Waals surface area contributed by atoms with Crippen molar-refractivity contribution in [3.63, 3.8) is 0 Å². The fourth-order valence-electron chi connectivity index (χ4n) is 2.11. The smallest absolute Gasteiger partial charge is 0.311 e. The van der Waals surface area contributed by atoms with E-state index < -0.39 is 10.5 Å². The van der Waals surface area contributed by atoms with Crippen molar-refractivity contribution in [1.29, 1.82) is 0 Å². The van der Waals surface area contributed by atoms with E-state index in [1.54, 1.807) is 6.92 Å². The number of hydrogen-bond donors (Lipinski definition) is 2. The van der Waals surface area contributed by atoms with Crippen LogP contribution in [-0.2, 0) is 5.60 Å². The summed E-state index contributed by atoms with van der Waals surface area (Å²) in [5, 5.41) is 24.5. The van der Waals surface area contributed by atoms with Gasteiger partial charge in [0.15, 0.2) is 0 Å². The normalized spacial score (nSPS) is 13.4. The minimum atomic E-state index is -1.01. The van der Waals surface area contributed by atoms with Crippen molar-refractivity contribution in [2.45, 2.75) is 18.9 Å². The molecule has 0 aliphatic rings. The summed E-state index contributed by atoms with van der Waals surface area (Å²) in [7, 11) is 0. The number of nitrogens with one attached hydrogen (secondary N) is 1. The average molecular weight is 366 g/mol. The predicted molar refractivity (Wildman–Crippen MR) is 87.7 cm³/mol. The number of aliphatic hydroxyl groups is 1. The lowest BCUT2D eigenvalue weighted by Gasteiger charge is -2.24. The molecule has 6 nitrogen and oxygen atoms in total. The minimum absolute atomic E-state index is 0.103. The quantitative estimate of drug-likeness (QED) is 0.604. The van der Waals surface area contributed by atoms with Crippen LogP contribution >= 0.6 is 15.9 Å². The summed E-state index contributed by atoms with van der Waals surface area (Å²) in [5.74, 6) is 0. The molecule has 2 rings (SSSR count). The fourth-order valence-corrected chi connectivity index (χ4v) is 2.57. The fraction of sp³-hybridized carbons (Fsp3) is 0.267. The number of hydrogen-bond acceptors (Lipinski definition) is 5. The van der Waals surface area contributed by atoms with Gasteiger partial charge in [0.2, 0.25) is 0 Å². The maximum atomic E-state index is 11.0. The number of halogens is 1. The summed E-state index contributed by atoms with van der Waals surface area (Å²) in [4.78, 5) is 14.3. The van der Waals surface area contributed by atoms with Gasteiger partial charge in [-0.3, -0.25) is 15.1 Å². The molecule has 1 aromatic heterocycles. The maximum absolute atomic E-state index is 11.0. The lowest BCUT2D eigenvalue weighted by atomic mass is 9.92. The van der Waals surface area contributed by atoms with E-state index in [1.807, 2.05) is 30.3 Å². The molecule has 0 fully saturated rings. The van der Waals surface area contributed by atoms with Gasteiger partial charge in [0.05, 0.1) is 15.0 Å². The van der Waals surface area contributed by atoms with E-state index in [4.69, 9.17) is 0 Å². The van der Waals surface area contributed by atoms with E-state index in [2.05, 4.69) is 26.2 Å². The van der Waals surface area contributed by atoms with Gasteiger partial charge in [-0.05, 0) is 34.8 Å². The van der Waals surface area contributed by atoms with Crippen molar-refractivity contribution >= 4 is 27.3 Å². The average Bonchev–Trinajstić information content (AvgIpc) is 2.49. The molecule has 1 unspecified atom stereocenters. The Bertz CT molecular complexity index is 662. The highest BCUT2D eigenvalue weighted by Gasteiger charge is 2.23. The first kappa shape index (κ1) is 16.4. The van der Waals surface area contributed by atoms with Crippen LogP contribution in [0, 0.1) is 10.1 Å². The number of aromatic nitrogens is 1. The van der Waals surface area contributed by atoms with E-state index >= 15 is 0 Å². The third-order valence-electron chi connectivity index (χ3n) is 3.39. The van der Waals surface area contributed by atoms with Gasteiger partial charge in [-0.1, -0.05) is 30.3 Å². The van der Waals surface area contributed by atoms with Crippen molar-refractivity contribution < 1.29 is 10.0 Å². The highest BCUT2D eigenvalue weighted by Crippen LogP contribution is 2.32. The van der Waals surface area contributed by atoms with E-state index in [1.165, 1.54) is 12.4 Å². The van der Waals surface area contributed by atoms with Crippen molar-refractivity contribution in [3.05, 3.63) is 62.9 Å². The van der Waals surface area contributed by atoms with Crippen molar-refractivity contribution in [2.75, 3.05) is 11.9 Å². The van der Waals surface area contributed by atoms with Crippen LogP contribution in [0.5, 0.6) is 0 Å². The number of pyridine rings is 1. The summed E-state index contributed by atoms with van der Waals surface area (Å²) >= 11 is 3.25. The number of nitrogens with zero attached hydrogens (tertiary/aromatic N) is 2. The van der Waals surface area contributed by atoms with Gasteiger partial charge in [0.25, 0.3) is 0 Å². The molecule has 2 aromatic rings. The summed E-state index contributed by atoms with van der Waals surface area (Å²) in [6, 6.07) is 9.31. The Morgan fingerprint density at radius 3 is 2.68 bits per heavy atom. The zero-order valence-corrected chi connectivity index (χ0v) is 13.6. The molecule has 0 amide bonds. The van der Waals surface area contributed by atoms with Crippen LogP contribution in [0.3, 0.4) is 0 Å². The second-order valence-electron chi connectivity index (χ2n) is 5.09. The first-order valence-corrected chi connectivity index (χ1v) is 7.51. The molecular weight excluding hydrogens is 350 g/mol. The number of anilines is 1. The van der Waals surface area contributed by atoms with Crippen LogP contribution in [-0.4, -0.2) is 21.6 Å². The van der Waals surface area contributed by atoms with Crippen molar-refractivity contribution in [1.82, 2.24) is 4.98 Å². The molecule has 0 saturated carbocycles. The van der Waals surface area contributed by atoms with E-state index in [0.717, 1.165) is 5.56 Å². The second-order valence-corrected chi connectivity index (χ2v) is 5.94. The SMILES string of the molecule is CC(O)(CCNc1c(Br)cncc1[N+](=O)[O-])c1ccccc1. The van der Waals surface area contributed by atoms with Gasteiger partial charge in [-0.15, -0.1) is 0 Å². The molecule has 0 saturated heterocycles. The Morgan fingerprint density at radius 2 is 2.05 bits per heavy atom. The van der Waals surface area contributed by atoms with Crippen molar-refractivity contribution in [2.24, 2.45) is 0 Å². The summed E-state index contributed by atoms with van der Waals surface area (Å²) < 4.78 is 0.515. The molecular formula is C15H16BrN3O3. The lowest BCUT2D eigenvalue weighted by Crippen LogP contribution is -2.24. The number of nitro groups is 1. The topological polar surface area (TPSA) is 88.3 Å². The maximum Gasteiger partial charge on any atom is 0.311 e. The summed E-state index contributed by atoms with van der Waals surface area (Å²) in [6.07, 6.45) is 3.09. The van der Waals surface area contributed by atoms with Gasteiger partial charge in [0.1, 0.15) is 11.9 Å². The Kier molecular flexibility index (Phi) is 5.10. The van der Waals surface area contributed by atoms with Crippen LogP contribution in [0.2, 0.25) is 0 Å². The Hall–Kier alpha value is -1.99. The lowest BCUT2D eigenvalue weighted by molar-refractivity contribution is -0.384. The number of rotatable bonds is 6. The van der Waals surface area contributed by atoms with E-state index in [0.29, 0.717) is 23.1 Å². The van der Waals surface area contributed by atoms with E-state index in [9.17, 15) is 15.2 Å². The first-order chi connectivity index (χ1) is 10.4. The molecule has 22 heavy (non-hydrogen) atoms. The van der Waals surface area contributed by atoms with Crippen LogP contribution < -0.4 is 5.32 Å². The molecule has 116 valence electrons. The van der Waals surface area contributed by atoms with E-state index in [-0.39, 0.29) is 5.69 Å². The Balaban J connectivity index is 2.07. The predicted octanol–water partition coefficient (Wildman–Crippen LogP) is 3.46. The molecule has 0 aliphatic carbocycles. The zero-order chi connectivity index (χ0) is 16.2. The van der Waals surface area contributed by atoms with Crippen LogP contribution in [0.4, 0.5) is 11.4 Å². The van der Waals surface area contributed by atoms with Gasteiger partial charge in [-0.2, -0.15) is 0 Å². The highest BCUT2D eigenvalue weighted by atomic mass is 79.9. The molecule has 1 atom stereocenters. The Morgan fingerprint density at radius 1 is 1.36 bits per heavy atom. The molecule has 0 radical (unpaired) electrons. The number of benzene rings is 1. The minimum Gasteiger partial charge on any atom is -0.385 e. The van der Waals surface area contributed by atoms with Gasteiger partial charge < -0.3 is 10.4 Å². The van der Waals surface area contributed by atoms with Crippen LogP contribution in [0.1, 0.15) is 18.9 Å². The summed E-state index contributed by atoms with van der Waals surface area (Å²) in [6.45, 7) is 2.10. The van der Waals surface area contributed by atoms with Gasteiger partial charge in [-0.25, -0.2) is 0 Å². The second kappa shape index (κ2) is 6.85. The van der Waals surface area contributed by atoms with Crippen LogP contribution in [0.15, 0.2) is 47.2 Å². The van der Waals surface area contributed by atoms with Gasteiger partial charge >= 0.3 is 5.69 Å². The standard InChI is InChI=1S/C15H16BrN3O3/c1-15(20,11-5-3-2-4-6-11)7-8-18-14-12(16)9-17-10-13(14)19(21)22/h2-6,9-10,20H,7-8H2,1H3,(H,17,18). The molecule has 2 N–H and O–H groups in total. The highest BCUT2D eigenvalue weighted by molar-refractivity contribution is 9.10. The molecule has 1 heterocycles. The molecule has 1 aromatic carbocycles. The zero-order valence-electron chi connectivity index (χ0n) is 12.0. The van der Waals surface area contributed by atoms with Gasteiger partial charge in [0, 0.05) is 12.7 Å². The third kappa shape index (κ3) is 3.80. The van der Waals surface area contributed by atoms with Crippen molar-refractivity contribution in [3.8, 4) is 0 Å². The first-order valence-electron chi connectivity index (χ1n) is 6.71. The largest absolute Gasteiger partial charge is 0.385 e. The Labute approximate surface area is 136 Å². The van der Waals surface area contributed by atoms with Crippen LogP contribution in [0.25, 0.3) is 0 Å². The third-order valence-corrected chi connectivity index (χ3v) is 3.99. The molecule has 7 heteroatoms. The molecule has 0 spiro atoms. The monoisotopic (exact) mass is 365 g/mol.